The molecule has 19 heavy (non-hydrogen) atoms. The highest BCUT2D eigenvalue weighted by molar-refractivity contribution is 5.09. The number of aliphatic hydroxyl groups excluding tert-OH is 3. The zero-order chi connectivity index (χ0) is 13.2. The number of hydrogen-bond acceptors (Lipinski definition) is 4. The van der Waals surface area contributed by atoms with Crippen LogP contribution in [0.5, 0.6) is 0 Å². The second-order valence-corrected chi connectivity index (χ2v) is 7.54. The molecule has 0 spiro atoms. The van der Waals surface area contributed by atoms with Crippen LogP contribution >= 0.6 is 0 Å². The molecule has 4 bridgehead atoms. The molecule has 4 nitrogen and oxygen atoms in total. The normalized spacial score (nSPS) is 59.8. The lowest BCUT2D eigenvalue weighted by atomic mass is 9.48. The molecule has 108 valence electrons. The zero-order valence-corrected chi connectivity index (χ0v) is 11.2. The second-order valence-electron chi connectivity index (χ2n) is 7.54. The third-order valence-electron chi connectivity index (χ3n) is 6.23. The summed E-state index contributed by atoms with van der Waals surface area (Å²) in [6.45, 7) is -0.207. The molecule has 5 aliphatic rings. The van der Waals surface area contributed by atoms with Crippen LogP contribution in [-0.2, 0) is 4.74 Å². The molecule has 5 fully saturated rings. The summed E-state index contributed by atoms with van der Waals surface area (Å²) >= 11 is 0. The minimum atomic E-state index is -0.928. The Balaban J connectivity index is 1.62. The predicted molar refractivity (Wildman–Crippen MR) is 68.4 cm³/mol. The van der Waals surface area contributed by atoms with Crippen LogP contribution in [-0.4, -0.2) is 46.3 Å². The van der Waals surface area contributed by atoms with Crippen molar-refractivity contribution in [2.45, 2.75) is 62.9 Å². The van der Waals surface area contributed by atoms with Gasteiger partial charge in [0, 0.05) is 5.41 Å². The summed E-state index contributed by atoms with van der Waals surface area (Å²) in [5.74, 6) is 2.40. The Labute approximate surface area is 113 Å². The van der Waals surface area contributed by atoms with E-state index in [1.165, 1.54) is 19.3 Å². The molecule has 4 aliphatic carbocycles. The van der Waals surface area contributed by atoms with E-state index in [9.17, 15) is 15.3 Å². The minimum absolute atomic E-state index is 0.0685. The first kappa shape index (κ1) is 12.6. The van der Waals surface area contributed by atoms with E-state index in [2.05, 4.69) is 0 Å². The number of ether oxygens (including phenoxy) is 1. The van der Waals surface area contributed by atoms with Gasteiger partial charge in [0.15, 0.2) is 0 Å². The molecule has 1 saturated heterocycles. The maximum Gasteiger partial charge on any atom is 0.111 e. The van der Waals surface area contributed by atoms with Crippen LogP contribution in [0, 0.1) is 23.2 Å². The SMILES string of the molecule is OC[C@H]1O[C@@H](C23CC4CC(CC(C4)C2)C3)[C@H](O)[C@@H]1O. The molecule has 4 saturated carbocycles. The highest BCUT2D eigenvalue weighted by Gasteiger charge is 2.60. The highest BCUT2D eigenvalue weighted by Crippen LogP contribution is 2.63. The number of rotatable bonds is 2. The average molecular weight is 268 g/mol. The van der Waals surface area contributed by atoms with Gasteiger partial charge in [0.1, 0.15) is 18.3 Å². The van der Waals surface area contributed by atoms with E-state index in [1.807, 2.05) is 0 Å². The number of hydrogen-bond donors (Lipinski definition) is 3. The molecular weight excluding hydrogens is 244 g/mol. The van der Waals surface area contributed by atoms with Crippen LogP contribution in [0.15, 0.2) is 0 Å². The maximum atomic E-state index is 10.3. The van der Waals surface area contributed by atoms with Crippen molar-refractivity contribution in [3.05, 3.63) is 0 Å². The third-order valence-corrected chi connectivity index (χ3v) is 6.23. The fourth-order valence-corrected chi connectivity index (χ4v) is 5.93. The molecule has 3 N–H and O–H groups in total. The number of aliphatic hydroxyl groups is 3. The average Bonchev–Trinajstić information content (AvgIpc) is 2.65. The first-order chi connectivity index (χ1) is 9.11. The fraction of sp³-hybridized carbons (Fsp3) is 1.00. The van der Waals surface area contributed by atoms with E-state index in [1.54, 1.807) is 0 Å². The van der Waals surface area contributed by atoms with Crippen LogP contribution in [0.3, 0.4) is 0 Å². The van der Waals surface area contributed by atoms with E-state index >= 15 is 0 Å². The second kappa shape index (κ2) is 4.17. The van der Waals surface area contributed by atoms with E-state index < -0.39 is 18.3 Å². The topological polar surface area (TPSA) is 69.9 Å². The minimum Gasteiger partial charge on any atom is -0.394 e. The van der Waals surface area contributed by atoms with Gasteiger partial charge in [-0.25, -0.2) is 0 Å². The summed E-state index contributed by atoms with van der Waals surface area (Å²) in [5, 5.41) is 29.6. The van der Waals surface area contributed by atoms with Gasteiger partial charge in [-0.05, 0) is 56.3 Å². The maximum absolute atomic E-state index is 10.3. The van der Waals surface area contributed by atoms with Gasteiger partial charge in [-0.2, -0.15) is 0 Å². The Hall–Kier alpha value is -0.160. The first-order valence-corrected chi connectivity index (χ1v) is 7.74. The lowest BCUT2D eigenvalue weighted by molar-refractivity contribution is -0.159. The van der Waals surface area contributed by atoms with Crippen molar-refractivity contribution in [3.63, 3.8) is 0 Å². The molecule has 0 radical (unpaired) electrons. The summed E-state index contributed by atoms with van der Waals surface area (Å²) in [4.78, 5) is 0. The Bertz CT molecular complexity index is 334. The quantitative estimate of drug-likeness (QED) is 0.689. The summed E-state index contributed by atoms with van der Waals surface area (Å²) in [7, 11) is 0. The van der Waals surface area contributed by atoms with Gasteiger partial charge >= 0.3 is 0 Å². The van der Waals surface area contributed by atoms with Gasteiger partial charge < -0.3 is 20.1 Å². The lowest BCUT2D eigenvalue weighted by Crippen LogP contribution is -2.54. The Kier molecular flexibility index (Phi) is 2.76. The van der Waals surface area contributed by atoms with Gasteiger partial charge in [-0.3, -0.25) is 0 Å². The summed E-state index contributed by atoms with van der Waals surface area (Å²) in [5.41, 5.74) is 0.0685. The van der Waals surface area contributed by atoms with Gasteiger partial charge in [-0.15, -0.1) is 0 Å². The van der Waals surface area contributed by atoms with Crippen molar-refractivity contribution >= 4 is 0 Å². The molecule has 1 heterocycles. The summed E-state index contributed by atoms with van der Waals surface area (Å²) in [6, 6.07) is 0. The van der Waals surface area contributed by atoms with Crippen molar-refractivity contribution < 1.29 is 20.1 Å². The molecule has 0 amide bonds. The molecule has 1 aliphatic heterocycles. The van der Waals surface area contributed by atoms with Crippen molar-refractivity contribution in [1.29, 1.82) is 0 Å². The van der Waals surface area contributed by atoms with E-state index in [0.717, 1.165) is 37.0 Å². The first-order valence-electron chi connectivity index (χ1n) is 7.74. The van der Waals surface area contributed by atoms with Crippen molar-refractivity contribution in [1.82, 2.24) is 0 Å². The highest BCUT2D eigenvalue weighted by atomic mass is 16.6. The summed E-state index contributed by atoms with van der Waals surface area (Å²) < 4.78 is 5.87. The molecule has 0 aromatic rings. The largest absolute Gasteiger partial charge is 0.394 e. The lowest BCUT2D eigenvalue weighted by Gasteiger charge is -2.59. The molecule has 4 atom stereocenters. The molecule has 4 heteroatoms. The van der Waals surface area contributed by atoms with Gasteiger partial charge in [0.05, 0.1) is 12.7 Å². The van der Waals surface area contributed by atoms with Crippen LogP contribution in [0.25, 0.3) is 0 Å². The monoisotopic (exact) mass is 268 g/mol. The van der Waals surface area contributed by atoms with Crippen LogP contribution in [0.2, 0.25) is 0 Å². The molecule has 0 unspecified atom stereocenters. The van der Waals surface area contributed by atoms with Crippen LogP contribution < -0.4 is 0 Å². The standard InChI is InChI=1S/C15H24O4/c16-7-11-12(17)13(18)14(19-11)15-4-8-1-9(5-15)3-10(2-8)6-15/h8-14,16-18H,1-7H2/t8?,9?,10?,11-,12-,13-,14-,15?/m1/s1. The van der Waals surface area contributed by atoms with E-state index in [0.29, 0.717) is 0 Å². The van der Waals surface area contributed by atoms with Crippen molar-refractivity contribution in [2.24, 2.45) is 23.2 Å². The Morgan fingerprint density at radius 1 is 0.895 bits per heavy atom. The predicted octanol–water partition coefficient (Wildman–Crippen LogP) is 0.684. The van der Waals surface area contributed by atoms with Gasteiger partial charge in [-0.1, -0.05) is 0 Å². The van der Waals surface area contributed by atoms with Crippen LogP contribution in [0.4, 0.5) is 0 Å². The van der Waals surface area contributed by atoms with E-state index in [4.69, 9.17) is 4.74 Å². The molecule has 0 aromatic heterocycles. The molecule has 5 rings (SSSR count). The third kappa shape index (κ3) is 1.73. The zero-order valence-electron chi connectivity index (χ0n) is 11.2. The van der Waals surface area contributed by atoms with Crippen molar-refractivity contribution in [2.75, 3.05) is 6.61 Å². The Morgan fingerprint density at radius 3 is 1.84 bits per heavy atom. The smallest absolute Gasteiger partial charge is 0.111 e. The van der Waals surface area contributed by atoms with Crippen LogP contribution in [0.1, 0.15) is 38.5 Å². The fourth-order valence-electron chi connectivity index (χ4n) is 5.93. The Morgan fingerprint density at radius 2 is 1.42 bits per heavy atom. The van der Waals surface area contributed by atoms with Crippen molar-refractivity contribution in [3.8, 4) is 0 Å². The summed E-state index contributed by atoms with van der Waals surface area (Å²) in [6.07, 6.45) is 4.87. The van der Waals surface area contributed by atoms with E-state index in [-0.39, 0.29) is 18.1 Å². The van der Waals surface area contributed by atoms with Gasteiger partial charge in [0.25, 0.3) is 0 Å². The molecule has 0 aromatic carbocycles. The molecular formula is C15H24O4. The van der Waals surface area contributed by atoms with Gasteiger partial charge in [0.2, 0.25) is 0 Å².